The van der Waals surface area contributed by atoms with E-state index in [1.165, 1.54) is 6.92 Å². The van der Waals surface area contributed by atoms with Crippen molar-refractivity contribution in [3.63, 3.8) is 0 Å². The predicted molar refractivity (Wildman–Crippen MR) is 102 cm³/mol. The minimum absolute atomic E-state index is 0.0887. The predicted octanol–water partition coefficient (Wildman–Crippen LogP) is 4.02. The van der Waals surface area contributed by atoms with E-state index in [2.05, 4.69) is 5.32 Å². The molecule has 5 heteroatoms. The van der Waals surface area contributed by atoms with Gasteiger partial charge in [0.25, 0.3) is 0 Å². The minimum atomic E-state index is -0.114. The largest absolute Gasteiger partial charge is 0.352 e. The quantitative estimate of drug-likeness (QED) is 0.848. The van der Waals surface area contributed by atoms with Crippen LogP contribution in [0.1, 0.15) is 30.0 Å². The third-order valence-electron chi connectivity index (χ3n) is 4.14. The van der Waals surface area contributed by atoms with Gasteiger partial charge in [-0.3, -0.25) is 9.59 Å². The van der Waals surface area contributed by atoms with Crippen LogP contribution in [0.3, 0.4) is 0 Å². The maximum atomic E-state index is 12.2. The molecular formula is C20H23ClN2O2. The van der Waals surface area contributed by atoms with Crippen LogP contribution in [-0.4, -0.2) is 18.4 Å². The SMILES string of the molecule is CC(=O)N(CCC(=O)NCc1ccccc1C)c1cc(Cl)ccc1C. The Kier molecular flexibility index (Phi) is 6.59. The van der Waals surface area contributed by atoms with Crippen LogP contribution in [0, 0.1) is 13.8 Å². The number of aryl methyl sites for hydroxylation is 2. The summed E-state index contributed by atoms with van der Waals surface area (Å²) in [6.45, 7) is 6.23. The fraction of sp³-hybridized carbons (Fsp3) is 0.300. The molecule has 4 nitrogen and oxygen atoms in total. The topological polar surface area (TPSA) is 49.4 Å². The summed E-state index contributed by atoms with van der Waals surface area (Å²) < 4.78 is 0. The summed E-state index contributed by atoms with van der Waals surface area (Å²) in [5.41, 5.74) is 3.92. The molecule has 0 heterocycles. The second kappa shape index (κ2) is 8.67. The number of hydrogen-bond acceptors (Lipinski definition) is 2. The molecule has 2 aromatic carbocycles. The second-order valence-electron chi connectivity index (χ2n) is 6.05. The zero-order valence-electron chi connectivity index (χ0n) is 14.8. The van der Waals surface area contributed by atoms with E-state index < -0.39 is 0 Å². The fourth-order valence-electron chi connectivity index (χ4n) is 2.62. The molecule has 0 aromatic heterocycles. The average Bonchev–Trinajstić information content (AvgIpc) is 2.57. The van der Waals surface area contributed by atoms with Crippen molar-refractivity contribution in [3.05, 3.63) is 64.2 Å². The van der Waals surface area contributed by atoms with E-state index in [0.717, 1.165) is 22.4 Å². The first kappa shape index (κ1) is 19.0. The minimum Gasteiger partial charge on any atom is -0.352 e. The monoisotopic (exact) mass is 358 g/mol. The average molecular weight is 359 g/mol. The van der Waals surface area contributed by atoms with Gasteiger partial charge < -0.3 is 10.2 Å². The summed E-state index contributed by atoms with van der Waals surface area (Å²) in [4.78, 5) is 25.8. The van der Waals surface area contributed by atoms with Gasteiger partial charge in [0, 0.05) is 37.1 Å². The highest BCUT2D eigenvalue weighted by Gasteiger charge is 2.16. The molecule has 0 saturated heterocycles. The number of halogens is 1. The van der Waals surface area contributed by atoms with E-state index in [1.54, 1.807) is 17.0 Å². The van der Waals surface area contributed by atoms with Crippen LogP contribution < -0.4 is 10.2 Å². The van der Waals surface area contributed by atoms with Crippen molar-refractivity contribution in [1.29, 1.82) is 0 Å². The number of amides is 2. The summed E-state index contributed by atoms with van der Waals surface area (Å²) in [6.07, 6.45) is 0.234. The van der Waals surface area contributed by atoms with Crippen molar-refractivity contribution in [2.24, 2.45) is 0 Å². The Labute approximate surface area is 153 Å². The van der Waals surface area contributed by atoms with Crippen LogP contribution in [0.4, 0.5) is 5.69 Å². The molecule has 2 amide bonds. The van der Waals surface area contributed by atoms with Gasteiger partial charge in [-0.15, -0.1) is 0 Å². The first-order chi connectivity index (χ1) is 11.9. The van der Waals surface area contributed by atoms with Crippen molar-refractivity contribution >= 4 is 29.1 Å². The van der Waals surface area contributed by atoms with Gasteiger partial charge in [0.1, 0.15) is 0 Å². The normalized spacial score (nSPS) is 10.4. The molecule has 0 radical (unpaired) electrons. The molecule has 2 rings (SSSR count). The molecule has 0 saturated carbocycles. The number of hydrogen-bond donors (Lipinski definition) is 1. The van der Waals surface area contributed by atoms with Gasteiger partial charge in [0.15, 0.2) is 0 Å². The van der Waals surface area contributed by atoms with Crippen molar-refractivity contribution in [3.8, 4) is 0 Å². The van der Waals surface area contributed by atoms with E-state index in [4.69, 9.17) is 11.6 Å². The van der Waals surface area contributed by atoms with Crippen molar-refractivity contribution in [2.75, 3.05) is 11.4 Å². The van der Waals surface area contributed by atoms with Gasteiger partial charge in [-0.1, -0.05) is 41.9 Å². The van der Waals surface area contributed by atoms with E-state index in [-0.39, 0.29) is 18.2 Å². The summed E-state index contributed by atoms with van der Waals surface area (Å²) in [7, 11) is 0. The Morgan fingerprint density at radius 2 is 1.80 bits per heavy atom. The van der Waals surface area contributed by atoms with Gasteiger partial charge in [-0.25, -0.2) is 0 Å². The zero-order valence-corrected chi connectivity index (χ0v) is 15.6. The zero-order chi connectivity index (χ0) is 18.4. The maximum Gasteiger partial charge on any atom is 0.223 e. The number of nitrogens with zero attached hydrogens (tertiary/aromatic N) is 1. The lowest BCUT2D eigenvalue weighted by atomic mass is 10.1. The van der Waals surface area contributed by atoms with Crippen molar-refractivity contribution in [2.45, 2.75) is 33.7 Å². The Bertz CT molecular complexity index is 774. The molecule has 0 fully saturated rings. The lowest BCUT2D eigenvalue weighted by Gasteiger charge is -2.23. The molecule has 0 unspecified atom stereocenters. The number of anilines is 1. The molecule has 0 aliphatic heterocycles. The highest BCUT2D eigenvalue weighted by atomic mass is 35.5. The van der Waals surface area contributed by atoms with E-state index in [9.17, 15) is 9.59 Å². The third kappa shape index (κ3) is 5.33. The standard InChI is InChI=1S/C20H23ClN2O2/c1-14-6-4-5-7-17(14)13-22-20(25)10-11-23(16(3)24)19-12-18(21)9-8-15(19)2/h4-9,12H,10-11,13H2,1-3H3,(H,22,25). The Hall–Kier alpha value is -2.33. The fourth-order valence-corrected chi connectivity index (χ4v) is 2.79. The molecule has 0 atom stereocenters. The van der Waals surface area contributed by atoms with Crippen LogP contribution >= 0.6 is 11.6 Å². The summed E-state index contributed by atoms with van der Waals surface area (Å²) in [5.74, 6) is -0.203. The van der Waals surface area contributed by atoms with Crippen LogP contribution in [0.15, 0.2) is 42.5 Å². The second-order valence-corrected chi connectivity index (χ2v) is 6.49. The highest BCUT2D eigenvalue weighted by molar-refractivity contribution is 6.31. The number of rotatable bonds is 6. The highest BCUT2D eigenvalue weighted by Crippen LogP contribution is 2.24. The smallest absolute Gasteiger partial charge is 0.223 e. The number of benzene rings is 2. The Morgan fingerprint density at radius 3 is 2.48 bits per heavy atom. The Balaban J connectivity index is 1.97. The molecule has 132 valence electrons. The molecule has 0 bridgehead atoms. The Morgan fingerprint density at radius 1 is 1.08 bits per heavy atom. The van der Waals surface area contributed by atoms with Crippen LogP contribution in [-0.2, 0) is 16.1 Å². The summed E-state index contributed by atoms with van der Waals surface area (Å²) in [6, 6.07) is 13.3. The van der Waals surface area contributed by atoms with Gasteiger partial charge in [-0.05, 0) is 42.7 Å². The lowest BCUT2D eigenvalue weighted by Crippen LogP contribution is -2.34. The van der Waals surface area contributed by atoms with Crippen molar-refractivity contribution < 1.29 is 9.59 Å². The lowest BCUT2D eigenvalue weighted by molar-refractivity contribution is -0.121. The van der Waals surface area contributed by atoms with Crippen LogP contribution in [0.25, 0.3) is 0 Å². The maximum absolute atomic E-state index is 12.2. The van der Waals surface area contributed by atoms with E-state index >= 15 is 0 Å². The van der Waals surface area contributed by atoms with Crippen molar-refractivity contribution in [1.82, 2.24) is 5.32 Å². The number of carbonyl (C=O) groups is 2. The van der Waals surface area contributed by atoms with Crippen LogP contribution in [0.2, 0.25) is 5.02 Å². The van der Waals surface area contributed by atoms with E-state index in [0.29, 0.717) is 18.1 Å². The van der Waals surface area contributed by atoms with Crippen LogP contribution in [0.5, 0.6) is 0 Å². The molecule has 0 aliphatic carbocycles. The molecule has 25 heavy (non-hydrogen) atoms. The number of carbonyl (C=O) groups excluding carboxylic acids is 2. The first-order valence-electron chi connectivity index (χ1n) is 8.24. The van der Waals surface area contributed by atoms with Gasteiger partial charge in [0.05, 0.1) is 0 Å². The molecule has 0 spiro atoms. The van der Waals surface area contributed by atoms with Gasteiger partial charge in [-0.2, -0.15) is 0 Å². The number of nitrogens with one attached hydrogen (secondary N) is 1. The van der Waals surface area contributed by atoms with E-state index in [1.807, 2.05) is 44.2 Å². The molecule has 0 aliphatic rings. The van der Waals surface area contributed by atoms with Gasteiger partial charge in [0.2, 0.25) is 11.8 Å². The summed E-state index contributed by atoms with van der Waals surface area (Å²) in [5, 5.41) is 3.47. The van der Waals surface area contributed by atoms with Gasteiger partial charge >= 0.3 is 0 Å². The third-order valence-corrected chi connectivity index (χ3v) is 4.38. The molecular weight excluding hydrogens is 336 g/mol. The molecule has 1 N–H and O–H groups in total. The molecule has 2 aromatic rings. The first-order valence-corrected chi connectivity index (χ1v) is 8.61. The summed E-state index contributed by atoms with van der Waals surface area (Å²) >= 11 is 6.04.